The van der Waals surface area contributed by atoms with Crippen LogP contribution in [0.1, 0.15) is 71.3 Å². The van der Waals surface area contributed by atoms with Crippen molar-refractivity contribution in [2.24, 2.45) is 5.92 Å². The molecule has 0 aliphatic carbocycles. The topological polar surface area (TPSA) is 61.3 Å². The van der Waals surface area contributed by atoms with Gasteiger partial charge in [-0.25, -0.2) is 9.97 Å². The summed E-state index contributed by atoms with van der Waals surface area (Å²) in [4.78, 5) is 20.9. The molecule has 0 aliphatic rings. The van der Waals surface area contributed by atoms with Gasteiger partial charge in [-0.3, -0.25) is 4.79 Å². The lowest BCUT2D eigenvalue weighted by atomic mass is 10.0. The Bertz CT molecular complexity index is 729. The summed E-state index contributed by atoms with van der Waals surface area (Å²) in [5.74, 6) is 1.59. The first-order chi connectivity index (χ1) is 14.6. The number of hydrogen-bond acceptors (Lipinski definition) is 5. The van der Waals surface area contributed by atoms with Crippen LogP contribution in [-0.4, -0.2) is 29.2 Å². The fourth-order valence-electron chi connectivity index (χ4n) is 2.99. The first-order valence-corrected chi connectivity index (χ1v) is 11.3. The number of rotatable bonds is 14. The summed E-state index contributed by atoms with van der Waals surface area (Å²) in [6.45, 7) is 8.11. The molecule has 0 saturated heterocycles. The highest BCUT2D eigenvalue weighted by molar-refractivity contribution is 5.72. The molecule has 0 N–H and O–H groups in total. The zero-order chi connectivity index (χ0) is 21.6. The van der Waals surface area contributed by atoms with Crippen LogP contribution >= 0.6 is 0 Å². The average molecular weight is 413 g/mol. The van der Waals surface area contributed by atoms with Gasteiger partial charge in [-0.05, 0) is 61.4 Å². The zero-order valence-corrected chi connectivity index (χ0v) is 18.7. The normalized spacial score (nSPS) is 12.0. The van der Waals surface area contributed by atoms with Gasteiger partial charge in [0.2, 0.25) is 0 Å². The quantitative estimate of drug-likeness (QED) is 0.216. The highest BCUT2D eigenvalue weighted by Gasteiger charge is 2.09. The second kappa shape index (κ2) is 13.9. The van der Waals surface area contributed by atoms with E-state index < -0.39 is 0 Å². The number of aromatic nitrogens is 2. The highest BCUT2D eigenvalue weighted by atomic mass is 16.5. The van der Waals surface area contributed by atoms with Crippen LogP contribution in [0.5, 0.6) is 5.75 Å². The zero-order valence-electron chi connectivity index (χ0n) is 18.7. The number of unbranched alkanes of at least 4 members (excludes halogenated alkanes) is 2. The van der Waals surface area contributed by atoms with E-state index in [-0.39, 0.29) is 5.97 Å². The maximum Gasteiger partial charge on any atom is 0.311 e. The summed E-state index contributed by atoms with van der Waals surface area (Å²) in [6.07, 6.45) is 11.6. The van der Waals surface area contributed by atoms with Crippen molar-refractivity contribution in [2.45, 2.75) is 72.1 Å². The van der Waals surface area contributed by atoms with Crippen molar-refractivity contribution < 1.29 is 14.3 Å². The monoisotopic (exact) mass is 412 g/mol. The minimum absolute atomic E-state index is 0.182. The van der Waals surface area contributed by atoms with Crippen molar-refractivity contribution >= 4 is 5.97 Å². The van der Waals surface area contributed by atoms with Crippen molar-refractivity contribution in [2.75, 3.05) is 13.2 Å². The van der Waals surface area contributed by atoms with E-state index in [1.54, 1.807) is 12.1 Å². The van der Waals surface area contributed by atoms with Crippen LogP contribution < -0.4 is 4.74 Å². The molecule has 0 aliphatic heterocycles. The molecule has 0 fully saturated rings. The number of esters is 1. The van der Waals surface area contributed by atoms with Gasteiger partial charge in [-0.15, -0.1) is 0 Å². The predicted molar refractivity (Wildman–Crippen MR) is 120 cm³/mol. The molecule has 164 valence electrons. The molecular formula is C25H36N2O3. The minimum Gasteiger partial charge on any atom is -0.427 e. The summed E-state index contributed by atoms with van der Waals surface area (Å²) in [5.41, 5.74) is 2.02. The van der Waals surface area contributed by atoms with Crippen LogP contribution in [-0.2, 0) is 16.0 Å². The Hall–Kier alpha value is -2.27. The molecule has 1 unspecified atom stereocenters. The maximum absolute atomic E-state index is 11.9. The predicted octanol–water partition coefficient (Wildman–Crippen LogP) is 6.01. The summed E-state index contributed by atoms with van der Waals surface area (Å²) < 4.78 is 11.1. The van der Waals surface area contributed by atoms with E-state index >= 15 is 0 Å². The third kappa shape index (κ3) is 9.04. The molecule has 1 atom stereocenters. The van der Waals surface area contributed by atoms with Crippen molar-refractivity contribution in [3.05, 3.63) is 42.2 Å². The van der Waals surface area contributed by atoms with Crippen molar-refractivity contribution in [1.82, 2.24) is 9.97 Å². The lowest BCUT2D eigenvalue weighted by Gasteiger charge is -2.08. The van der Waals surface area contributed by atoms with Gasteiger partial charge in [-0.1, -0.05) is 40.0 Å². The van der Waals surface area contributed by atoms with Crippen molar-refractivity contribution in [1.29, 1.82) is 0 Å². The van der Waals surface area contributed by atoms with Gasteiger partial charge < -0.3 is 9.47 Å². The van der Waals surface area contributed by atoms with Crippen LogP contribution in [0.3, 0.4) is 0 Å². The largest absolute Gasteiger partial charge is 0.427 e. The molecule has 0 spiro atoms. The summed E-state index contributed by atoms with van der Waals surface area (Å²) in [5, 5.41) is 0. The van der Waals surface area contributed by atoms with E-state index in [4.69, 9.17) is 9.47 Å². The molecule has 5 nitrogen and oxygen atoms in total. The second-order valence-electron chi connectivity index (χ2n) is 7.89. The Morgan fingerprint density at radius 2 is 1.70 bits per heavy atom. The Balaban J connectivity index is 1.76. The smallest absolute Gasteiger partial charge is 0.311 e. The van der Waals surface area contributed by atoms with Gasteiger partial charge in [0.05, 0.1) is 0 Å². The Morgan fingerprint density at radius 1 is 1.00 bits per heavy atom. The second-order valence-corrected chi connectivity index (χ2v) is 7.89. The summed E-state index contributed by atoms with van der Waals surface area (Å²) in [7, 11) is 0. The molecule has 1 aromatic heterocycles. The third-order valence-electron chi connectivity index (χ3n) is 5.23. The molecule has 0 radical (unpaired) electrons. The maximum atomic E-state index is 11.9. The average Bonchev–Trinajstić information content (AvgIpc) is 2.78. The van der Waals surface area contributed by atoms with E-state index in [0.29, 0.717) is 23.9 Å². The van der Waals surface area contributed by atoms with Crippen molar-refractivity contribution in [3.63, 3.8) is 0 Å². The fourth-order valence-corrected chi connectivity index (χ4v) is 2.99. The number of ether oxygens (including phenoxy) is 2. The molecule has 30 heavy (non-hydrogen) atoms. The lowest BCUT2D eigenvalue weighted by Crippen LogP contribution is -2.09. The van der Waals surface area contributed by atoms with Gasteiger partial charge in [0.1, 0.15) is 5.75 Å². The SMILES string of the molecule is CCCCCOCCCc1cnc(-c2ccc(OC(=O)CCC(C)CC)cc2)nc1. The summed E-state index contributed by atoms with van der Waals surface area (Å²) in [6, 6.07) is 7.36. The van der Waals surface area contributed by atoms with E-state index in [0.717, 1.165) is 56.4 Å². The number of carbonyl (C=O) groups is 1. The molecule has 0 saturated carbocycles. The van der Waals surface area contributed by atoms with Crippen molar-refractivity contribution in [3.8, 4) is 17.1 Å². The molecule has 2 rings (SSSR count). The lowest BCUT2D eigenvalue weighted by molar-refractivity contribution is -0.134. The van der Waals surface area contributed by atoms with Gasteiger partial charge in [0, 0.05) is 37.6 Å². The molecule has 5 heteroatoms. The number of carbonyl (C=O) groups excluding carboxylic acids is 1. The standard InChI is InChI=1S/C25H36N2O3/c1-4-6-7-16-29-17-8-9-21-18-26-25(27-19-21)22-11-13-23(14-12-22)30-24(28)15-10-20(3)5-2/h11-14,18-20H,4-10,15-17H2,1-3H3. The van der Waals surface area contributed by atoms with E-state index in [2.05, 4.69) is 30.7 Å². The fraction of sp³-hybridized carbons (Fsp3) is 0.560. The molecule has 1 aromatic carbocycles. The third-order valence-corrected chi connectivity index (χ3v) is 5.23. The first-order valence-electron chi connectivity index (χ1n) is 11.3. The molecule has 0 bridgehead atoms. The van der Waals surface area contributed by atoms with Crippen LogP contribution in [0, 0.1) is 5.92 Å². The van der Waals surface area contributed by atoms with Gasteiger partial charge in [-0.2, -0.15) is 0 Å². The number of aryl methyl sites for hydroxylation is 1. The number of hydrogen-bond donors (Lipinski definition) is 0. The van der Waals surface area contributed by atoms with E-state index in [1.807, 2.05) is 24.5 Å². The summed E-state index contributed by atoms with van der Waals surface area (Å²) >= 11 is 0. The van der Waals surface area contributed by atoms with Crippen LogP contribution in [0.4, 0.5) is 0 Å². The van der Waals surface area contributed by atoms with E-state index in [9.17, 15) is 4.79 Å². The molecule has 1 heterocycles. The number of nitrogens with zero attached hydrogens (tertiary/aromatic N) is 2. The van der Waals surface area contributed by atoms with Gasteiger partial charge in [0.25, 0.3) is 0 Å². The van der Waals surface area contributed by atoms with Crippen LogP contribution in [0.25, 0.3) is 11.4 Å². The molecule has 0 amide bonds. The Kier molecular flexibility index (Phi) is 11.1. The van der Waals surface area contributed by atoms with Gasteiger partial charge in [0.15, 0.2) is 5.82 Å². The number of benzene rings is 1. The molecular weight excluding hydrogens is 376 g/mol. The Labute approximate surface area is 181 Å². The van der Waals surface area contributed by atoms with Gasteiger partial charge >= 0.3 is 5.97 Å². The minimum atomic E-state index is -0.182. The Morgan fingerprint density at radius 3 is 2.37 bits per heavy atom. The molecule has 2 aromatic rings. The van der Waals surface area contributed by atoms with E-state index in [1.165, 1.54) is 12.8 Å². The van der Waals surface area contributed by atoms with Crippen LogP contribution in [0.15, 0.2) is 36.7 Å². The highest BCUT2D eigenvalue weighted by Crippen LogP contribution is 2.20. The van der Waals surface area contributed by atoms with Crippen LogP contribution in [0.2, 0.25) is 0 Å². The first kappa shape index (κ1) is 24.0.